The topological polar surface area (TPSA) is 90.5 Å². The first-order chi connectivity index (χ1) is 13.3. The Morgan fingerprint density at radius 2 is 2.14 bits per heavy atom. The van der Waals surface area contributed by atoms with E-state index in [2.05, 4.69) is 49.8 Å². The summed E-state index contributed by atoms with van der Waals surface area (Å²) >= 11 is 0. The second-order valence-electron chi connectivity index (χ2n) is 6.46. The minimum atomic E-state index is 0. The van der Waals surface area contributed by atoms with Crippen molar-refractivity contribution in [1.29, 1.82) is 0 Å². The van der Waals surface area contributed by atoms with Crippen LogP contribution in [0.2, 0.25) is 0 Å². The molecule has 1 aromatic heterocycles. The van der Waals surface area contributed by atoms with Crippen LogP contribution in [-0.2, 0) is 11.3 Å². The number of rotatable bonds is 8. The van der Waals surface area contributed by atoms with Crippen LogP contribution in [0.15, 0.2) is 35.6 Å². The average Bonchev–Trinajstić information content (AvgIpc) is 3.25. The summed E-state index contributed by atoms with van der Waals surface area (Å²) in [4.78, 5) is 11.4. The van der Waals surface area contributed by atoms with Crippen LogP contribution in [0.3, 0.4) is 0 Å². The number of guanidine groups is 1. The highest BCUT2D eigenvalue weighted by atomic mass is 127. The van der Waals surface area contributed by atoms with E-state index < -0.39 is 0 Å². The van der Waals surface area contributed by atoms with E-state index in [1.54, 1.807) is 0 Å². The Morgan fingerprint density at radius 1 is 1.29 bits per heavy atom. The van der Waals surface area contributed by atoms with Crippen LogP contribution in [0, 0.1) is 0 Å². The molecule has 2 heterocycles. The van der Waals surface area contributed by atoms with Gasteiger partial charge in [-0.15, -0.1) is 24.0 Å². The molecule has 154 valence electrons. The average molecular weight is 499 g/mol. The Labute approximate surface area is 183 Å². The van der Waals surface area contributed by atoms with E-state index in [1.807, 2.05) is 12.1 Å². The molecule has 1 aliphatic heterocycles. The lowest BCUT2D eigenvalue weighted by atomic mass is 10.1. The summed E-state index contributed by atoms with van der Waals surface area (Å²) in [5, 5.41) is 13.5. The molecule has 3 rings (SSSR count). The molecule has 1 aliphatic rings. The third kappa shape index (κ3) is 7.36. The van der Waals surface area contributed by atoms with Crippen molar-refractivity contribution < 1.29 is 4.74 Å². The van der Waals surface area contributed by atoms with E-state index >= 15 is 0 Å². The molecule has 1 aromatic carbocycles. The fraction of sp³-hybridized carbons (Fsp3) is 0.526. The molecule has 2 aromatic rings. The lowest BCUT2D eigenvalue weighted by Crippen LogP contribution is -2.40. The van der Waals surface area contributed by atoms with E-state index in [0.717, 1.165) is 75.3 Å². The normalized spacial score (nSPS) is 15.1. The highest BCUT2D eigenvalue weighted by molar-refractivity contribution is 14.0. The van der Waals surface area contributed by atoms with E-state index in [4.69, 9.17) is 9.73 Å². The first kappa shape index (κ1) is 22.6. The lowest BCUT2D eigenvalue weighted by Gasteiger charge is -2.26. The molecule has 1 fully saturated rings. The van der Waals surface area contributed by atoms with Gasteiger partial charge in [-0.1, -0.05) is 18.2 Å². The molecule has 0 atom stereocenters. The number of halogens is 1. The minimum Gasteiger partial charge on any atom is -0.379 e. The third-order valence-electron chi connectivity index (χ3n) is 4.43. The standard InChI is InChI=1S/C19H29N7O.HI/c1-2-20-19(21-7-4-8-26-9-11-27-12-10-26)22-14-16-5-3-6-17(13-16)18-23-15-24-25-18;/h3,5-6,13,15H,2,4,7-12,14H2,1H3,(H2,20,21,22)(H,23,24,25);1H. The molecule has 3 N–H and O–H groups in total. The van der Waals surface area contributed by atoms with Crippen molar-refractivity contribution in [2.45, 2.75) is 19.9 Å². The molecule has 28 heavy (non-hydrogen) atoms. The van der Waals surface area contributed by atoms with Gasteiger partial charge in [-0.05, 0) is 31.5 Å². The summed E-state index contributed by atoms with van der Waals surface area (Å²) in [6, 6.07) is 8.20. The number of morpholine rings is 1. The molecule has 0 saturated carbocycles. The van der Waals surface area contributed by atoms with E-state index in [0.29, 0.717) is 6.54 Å². The molecule has 0 aliphatic carbocycles. The monoisotopic (exact) mass is 499 g/mol. The summed E-state index contributed by atoms with van der Waals surface area (Å²) in [6.07, 6.45) is 2.61. The number of benzene rings is 1. The summed E-state index contributed by atoms with van der Waals surface area (Å²) in [6.45, 7) is 9.31. The van der Waals surface area contributed by atoms with Gasteiger partial charge >= 0.3 is 0 Å². The van der Waals surface area contributed by atoms with E-state index in [9.17, 15) is 0 Å². The molecule has 0 amide bonds. The van der Waals surface area contributed by atoms with Crippen LogP contribution < -0.4 is 10.6 Å². The van der Waals surface area contributed by atoms with Crippen molar-refractivity contribution in [1.82, 2.24) is 30.7 Å². The summed E-state index contributed by atoms with van der Waals surface area (Å²) in [5.74, 6) is 1.62. The Hall–Kier alpha value is -1.72. The van der Waals surface area contributed by atoms with Gasteiger partial charge in [0.2, 0.25) is 0 Å². The zero-order chi connectivity index (χ0) is 18.7. The third-order valence-corrected chi connectivity index (χ3v) is 4.43. The molecule has 9 heteroatoms. The maximum absolute atomic E-state index is 5.39. The molecular weight excluding hydrogens is 469 g/mol. The van der Waals surface area contributed by atoms with Gasteiger partial charge in [0.25, 0.3) is 0 Å². The molecule has 0 radical (unpaired) electrons. The Kier molecular flexibility index (Phi) is 10.2. The van der Waals surface area contributed by atoms with Crippen molar-refractivity contribution >= 4 is 29.9 Å². The summed E-state index contributed by atoms with van der Waals surface area (Å²) < 4.78 is 5.39. The number of nitrogens with one attached hydrogen (secondary N) is 3. The quantitative estimate of drug-likeness (QED) is 0.223. The van der Waals surface area contributed by atoms with Crippen LogP contribution in [0.25, 0.3) is 11.4 Å². The second kappa shape index (κ2) is 12.7. The smallest absolute Gasteiger partial charge is 0.191 e. The largest absolute Gasteiger partial charge is 0.379 e. The maximum Gasteiger partial charge on any atom is 0.191 e. The molecule has 1 saturated heterocycles. The lowest BCUT2D eigenvalue weighted by molar-refractivity contribution is 0.0376. The van der Waals surface area contributed by atoms with Gasteiger partial charge in [0.1, 0.15) is 6.33 Å². The maximum atomic E-state index is 5.39. The molecular formula is C19H30IN7O. The number of hydrogen-bond donors (Lipinski definition) is 3. The number of aliphatic imine (C=N–C) groups is 1. The van der Waals surface area contributed by atoms with Crippen molar-refractivity contribution in [2.24, 2.45) is 4.99 Å². The number of nitrogens with zero attached hydrogens (tertiary/aromatic N) is 4. The molecule has 0 spiro atoms. The van der Waals surface area contributed by atoms with Gasteiger partial charge < -0.3 is 15.4 Å². The van der Waals surface area contributed by atoms with Crippen LogP contribution in [0.5, 0.6) is 0 Å². The minimum absolute atomic E-state index is 0. The van der Waals surface area contributed by atoms with Crippen LogP contribution in [0.1, 0.15) is 18.9 Å². The zero-order valence-electron chi connectivity index (χ0n) is 16.4. The fourth-order valence-corrected chi connectivity index (χ4v) is 3.01. The second-order valence-corrected chi connectivity index (χ2v) is 6.46. The van der Waals surface area contributed by atoms with Crippen molar-refractivity contribution in [3.05, 3.63) is 36.2 Å². The van der Waals surface area contributed by atoms with Crippen molar-refractivity contribution in [3.63, 3.8) is 0 Å². The van der Waals surface area contributed by atoms with Crippen LogP contribution >= 0.6 is 24.0 Å². The van der Waals surface area contributed by atoms with Gasteiger partial charge in [-0.3, -0.25) is 10.00 Å². The number of aromatic amines is 1. The number of H-pyrrole nitrogens is 1. The van der Waals surface area contributed by atoms with Crippen LogP contribution in [0.4, 0.5) is 0 Å². The summed E-state index contributed by atoms with van der Waals surface area (Å²) in [7, 11) is 0. The van der Waals surface area contributed by atoms with Gasteiger partial charge in [-0.2, -0.15) is 5.10 Å². The molecule has 8 nitrogen and oxygen atoms in total. The number of hydrogen-bond acceptors (Lipinski definition) is 5. The first-order valence-corrected chi connectivity index (χ1v) is 9.62. The van der Waals surface area contributed by atoms with Gasteiger partial charge in [0, 0.05) is 31.7 Å². The van der Waals surface area contributed by atoms with Crippen LogP contribution in [-0.4, -0.2) is 72.0 Å². The van der Waals surface area contributed by atoms with Crippen molar-refractivity contribution in [3.8, 4) is 11.4 Å². The predicted molar refractivity (Wildman–Crippen MR) is 122 cm³/mol. The SMILES string of the molecule is CCNC(=NCc1cccc(-c2ncn[nH]2)c1)NCCCN1CCOCC1.I. The van der Waals surface area contributed by atoms with Gasteiger partial charge in [0.15, 0.2) is 11.8 Å². The first-order valence-electron chi connectivity index (χ1n) is 9.62. The number of aromatic nitrogens is 3. The van der Waals surface area contributed by atoms with E-state index in [-0.39, 0.29) is 24.0 Å². The predicted octanol–water partition coefficient (Wildman–Crippen LogP) is 1.87. The Bertz CT molecular complexity index is 702. The Morgan fingerprint density at radius 3 is 2.89 bits per heavy atom. The highest BCUT2D eigenvalue weighted by Gasteiger charge is 2.09. The Balaban J connectivity index is 0.00000280. The van der Waals surface area contributed by atoms with E-state index in [1.165, 1.54) is 6.33 Å². The molecule has 0 bridgehead atoms. The van der Waals surface area contributed by atoms with Gasteiger partial charge in [0.05, 0.1) is 19.8 Å². The summed E-state index contributed by atoms with van der Waals surface area (Å²) in [5.41, 5.74) is 2.15. The fourth-order valence-electron chi connectivity index (χ4n) is 3.01. The molecule has 0 unspecified atom stereocenters. The number of ether oxygens (including phenoxy) is 1. The highest BCUT2D eigenvalue weighted by Crippen LogP contribution is 2.15. The van der Waals surface area contributed by atoms with Crippen molar-refractivity contribution in [2.75, 3.05) is 45.9 Å². The van der Waals surface area contributed by atoms with Gasteiger partial charge in [-0.25, -0.2) is 9.98 Å². The zero-order valence-corrected chi connectivity index (χ0v) is 18.7.